The maximum absolute atomic E-state index is 9.68. The molecule has 0 amide bonds. The number of aliphatic hydroxyl groups is 2. The molecule has 2 N–H and O–H groups in total. The minimum absolute atomic E-state index is 0.402. The highest BCUT2D eigenvalue weighted by molar-refractivity contribution is 5.77. The first kappa shape index (κ1) is 25.0. The maximum atomic E-state index is 9.68. The summed E-state index contributed by atoms with van der Waals surface area (Å²) < 4.78 is 13.4. The van der Waals surface area contributed by atoms with Crippen molar-refractivity contribution in [2.75, 3.05) is 31.1 Å². The molecule has 1 saturated heterocycles. The molecule has 11 nitrogen and oxygen atoms in total. The quantitative estimate of drug-likeness (QED) is 0.276. The summed E-state index contributed by atoms with van der Waals surface area (Å²) in [5, 5.41) is 19.4. The monoisotopic (exact) mass is 527 g/mol. The van der Waals surface area contributed by atoms with E-state index in [1.54, 1.807) is 37.0 Å². The molecule has 0 spiro atoms. The molecular weight excluding hydrogens is 498 g/mol. The van der Waals surface area contributed by atoms with Crippen LogP contribution < -0.4 is 9.64 Å². The molecule has 39 heavy (non-hydrogen) atoms. The first-order chi connectivity index (χ1) is 19.1. The van der Waals surface area contributed by atoms with Crippen molar-refractivity contribution >= 4 is 16.9 Å². The van der Waals surface area contributed by atoms with Crippen LogP contribution in [0.1, 0.15) is 29.1 Å². The Kier molecular flexibility index (Phi) is 7.17. The molecular formula is C28H29N7O4. The number of ether oxygens (including phenoxy) is 1. The molecule has 1 aliphatic rings. The molecule has 0 atom stereocenters. The third-order valence-corrected chi connectivity index (χ3v) is 6.81. The minimum Gasteiger partial charge on any atom is -0.473 e. The summed E-state index contributed by atoms with van der Waals surface area (Å²) in [7, 11) is 0. The first-order valence-electron chi connectivity index (χ1n) is 12.8. The number of aliphatic hydroxyl groups excluding tert-OH is 1. The molecule has 11 heteroatoms. The lowest BCUT2D eigenvalue weighted by molar-refractivity contribution is -0.0424. The third-order valence-electron chi connectivity index (χ3n) is 6.81. The van der Waals surface area contributed by atoms with E-state index in [-0.39, 0.29) is 0 Å². The van der Waals surface area contributed by atoms with Gasteiger partial charge >= 0.3 is 0 Å². The average Bonchev–Trinajstić information content (AvgIpc) is 3.61. The maximum Gasteiger partial charge on any atom is 0.215 e. The van der Waals surface area contributed by atoms with Crippen molar-refractivity contribution in [3.63, 3.8) is 0 Å². The van der Waals surface area contributed by atoms with Crippen LogP contribution in [-0.2, 0) is 19.7 Å². The van der Waals surface area contributed by atoms with E-state index in [4.69, 9.17) is 19.1 Å². The fourth-order valence-electron chi connectivity index (χ4n) is 4.75. The average molecular weight is 528 g/mol. The normalized spacial score (nSPS) is 14.4. The van der Waals surface area contributed by atoms with Crippen LogP contribution in [0.15, 0.2) is 77.8 Å². The van der Waals surface area contributed by atoms with Crippen molar-refractivity contribution in [1.82, 2.24) is 29.4 Å². The summed E-state index contributed by atoms with van der Waals surface area (Å²) in [5.74, 6) is 2.91. The highest BCUT2D eigenvalue weighted by Gasteiger charge is 2.22. The Morgan fingerprint density at radius 3 is 2.62 bits per heavy atom. The molecule has 1 fully saturated rings. The summed E-state index contributed by atoms with van der Waals surface area (Å²) in [6, 6.07) is 15.0. The highest BCUT2D eigenvalue weighted by Crippen LogP contribution is 2.24. The zero-order valence-electron chi connectivity index (χ0n) is 21.3. The smallest absolute Gasteiger partial charge is 0.215 e. The second-order valence-corrected chi connectivity index (χ2v) is 9.41. The topological polar surface area (TPSA) is 126 Å². The molecule has 0 aliphatic carbocycles. The first-order valence-corrected chi connectivity index (χ1v) is 12.8. The van der Waals surface area contributed by atoms with Gasteiger partial charge in [0.2, 0.25) is 11.8 Å². The number of hydrogen-bond donors (Lipinski definition) is 2. The molecule has 200 valence electrons. The molecule has 1 aromatic carbocycles. The van der Waals surface area contributed by atoms with E-state index >= 15 is 0 Å². The van der Waals surface area contributed by atoms with Gasteiger partial charge in [0, 0.05) is 55.8 Å². The van der Waals surface area contributed by atoms with Gasteiger partial charge in [-0.3, -0.25) is 9.88 Å². The SMILES string of the molecule is OC(O)c1ccc2nc(CN3CCN(c4cccc(OCc5cccnc5)n4)CC3)n(Cc3ncco3)c2c1. The summed E-state index contributed by atoms with van der Waals surface area (Å²) in [6.45, 7) is 4.78. The number of anilines is 1. The number of aromatic nitrogens is 5. The van der Waals surface area contributed by atoms with Crippen LogP contribution in [0, 0.1) is 0 Å². The largest absolute Gasteiger partial charge is 0.473 e. The Hall–Kier alpha value is -4.32. The number of fused-ring (bicyclic) bond motifs is 1. The van der Waals surface area contributed by atoms with Gasteiger partial charge in [-0.15, -0.1) is 0 Å². The Labute approximate surface area is 225 Å². The predicted octanol–water partition coefficient (Wildman–Crippen LogP) is 2.75. The number of nitrogens with zero attached hydrogens (tertiary/aromatic N) is 7. The van der Waals surface area contributed by atoms with Gasteiger partial charge < -0.3 is 28.8 Å². The van der Waals surface area contributed by atoms with E-state index in [9.17, 15) is 10.2 Å². The molecule has 4 aromatic heterocycles. The fourth-order valence-corrected chi connectivity index (χ4v) is 4.75. The standard InChI is InChI=1S/C28H29N7O4/c36-28(37)21-6-7-22-23(15-21)35(18-27-30-9-14-38-27)25(31-22)17-33-10-12-34(13-11-33)24-4-1-5-26(32-24)39-19-20-3-2-8-29-16-20/h1-9,14-16,28,36-37H,10-13,17-19H2. The van der Waals surface area contributed by atoms with E-state index in [0.29, 0.717) is 37.0 Å². The molecule has 0 bridgehead atoms. The molecule has 0 radical (unpaired) electrons. The highest BCUT2D eigenvalue weighted by atomic mass is 16.5. The number of rotatable bonds is 9. The van der Waals surface area contributed by atoms with Crippen molar-refractivity contribution in [3.05, 3.63) is 96.2 Å². The van der Waals surface area contributed by atoms with Crippen LogP contribution in [0.2, 0.25) is 0 Å². The summed E-state index contributed by atoms with van der Waals surface area (Å²) in [6.07, 6.45) is 5.14. The van der Waals surface area contributed by atoms with Gasteiger partial charge in [-0.25, -0.2) is 9.97 Å². The number of oxazole rings is 1. The minimum atomic E-state index is -1.55. The van der Waals surface area contributed by atoms with Crippen molar-refractivity contribution in [3.8, 4) is 5.88 Å². The van der Waals surface area contributed by atoms with Crippen molar-refractivity contribution < 1.29 is 19.4 Å². The zero-order valence-corrected chi connectivity index (χ0v) is 21.3. The van der Waals surface area contributed by atoms with Gasteiger partial charge in [-0.2, -0.15) is 4.98 Å². The third kappa shape index (κ3) is 5.75. The molecule has 5 heterocycles. The van der Waals surface area contributed by atoms with Crippen molar-refractivity contribution in [2.45, 2.75) is 26.0 Å². The number of piperazine rings is 1. The molecule has 0 unspecified atom stereocenters. The van der Waals surface area contributed by atoms with E-state index in [1.807, 2.05) is 41.0 Å². The second kappa shape index (κ2) is 11.2. The van der Waals surface area contributed by atoms with E-state index in [2.05, 4.69) is 19.8 Å². The van der Waals surface area contributed by atoms with Crippen molar-refractivity contribution in [1.29, 1.82) is 0 Å². The van der Waals surface area contributed by atoms with Gasteiger partial charge in [-0.1, -0.05) is 18.2 Å². The Morgan fingerprint density at radius 2 is 1.85 bits per heavy atom. The lowest BCUT2D eigenvalue weighted by atomic mass is 10.2. The Bertz CT molecular complexity index is 1510. The lowest BCUT2D eigenvalue weighted by Gasteiger charge is -2.35. The number of pyridine rings is 2. The van der Waals surface area contributed by atoms with E-state index < -0.39 is 6.29 Å². The van der Waals surface area contributed by atoms with Crippen LogP contribution >= 0.6 is 0 Å². The van der Waals surface area contributed by atoms with Gasteiger partial charge in [0.25, 0.3) is 0 Å². The predicted molar refractivity (Wildman–Crippen MR) is 143 cm³/mol. The van der Waals surface area contributed by atoms with E-state index in [1.165, 1.54) is 0 Å². The van der Waals surface area contributed by atoms with Gasteiger partial charge in [0.05, 0.1) is 23.8 Å². The van der Waals surface area contributed by atoms with Crippen molar-refractivity contribution in [2.24, 2.45) is 0 Å². The number of benzene rings is 1. The zero-order chi connectivity index (χ0) is 26.6. The summed E-state index contributed by atoms with van der Waals surface area (Å²) >= 11 is 0. The second-order valence-electron chi connectivity index (χ2n) is 9.41. The lowest BCUT2D eigenvalue weighted by Crippen LogP contribution is -2.46. The number of imidazole rings is 1. The van der Waals surface area contributed by atoms with Crippen LogP contribution in [0.5, 0.6) is 5.88 Å². The van der Waals surface area contributed by atoms with Gasteiger partial charge in [0.1, 0.15) is 31.1 Å². The van der Waals surface area contributed by atoms with Crippen LogP contribution in [0.3, 0.4) is 0 Å². The summed E-state index contributed by atoms with van der Waals surface area (Å²) in [5.41, 5.74) is 3.00. The van der Waals surface area contributed by atoms with Gasteiger partial charge in [-0.05, 0) is 24.3 Å². The van der Waals surface area contributed by atoms with Crippen LogP contribution in [0.25, 0.3) is 11.0 Å². The fraction of sp³-hybridized carbons (Fsp3) is 0.286. The Balaban J connectivity index is 1.13. The van der Waals surface area contributed by atoms with E-state index in [0.717, 1.165) is 54.4 Å². The molecule has 5 aromatic rings. The summed E-state index contributed by atoms with van der Waals surface area (Å²) in [4.78, 5) is 22.6. The number of hydrogen-bond acceptors (Lipinski definition) is 10. The van der Waals surface area contributed by atoms with Crippen LogP contribution in [-0.4, -0.2) is 65.8 Å². The molecule has 0 saturated carbocycles. The molecule has 6 rings (SSSR count). The molecule has 1 aliphatic heterocycles. The van der Waals surface area contributed by atoms with Gasteiger partial charge in [0.15, 0.2) is 6.29 Å². The van der Waals surface area contributed by atoms with Crippen LogP contribution in [0.4, 0.5) is 5.82 Å². The Morgan fingerprint density at radius 1 is 0.949 bits per heavy atom.